The zero-order valence-corrected chi connectivity index (χ0v) is 9.27. The minimum absolute atomic E-state index is 0.117. The molecule has 0 aliphatic heterocycles. The Morgan fingerprint density at radius 1 is 1.21 bits per heavy atom. The molecule has 1 unspecified atom stereocenters. The molecule has 0 spiro atoms. The zero-order valence-electron chi connectivity index (χ0n) is 9.27. The van der Waals surface area contributed by atoms with Crippen LogP contribution in [0, 0.1) is 5.41 Å². The number of carbonyl (C=O) groups is 2. The Hall–Kier alpha value is -0.660. The summed E-state index contributed by atoms with van der Waals surface area (Å²) in [6.07, 6.45) is 6.87. The van der Waals surface area contributed by atoms with Crippen LogP contribution in [0.4, 0.5) is 0 Å². The van der Waals surface area contributed by atoms with Gasteiger partial charge in [-0.15, -0.1) is 0 Å². The summed E-state index contributed by atoms with van der Waals surface area (Å²) < 4.78 is 0. The van der Waals surface area contributed by atoms with Crippen LogP contribution in [0.1, 0.15) is 58.8 Å². The molecule has 0 N–H and O–H groups in total. The van der Waals surface area contributed by atoms with E-state index in [9.17, 15) is 9.59 Å². The van der Waals surface area contributed by atoms with Gasteiger partial charge in [-0.25, -0.2) is 0 Å². The Morgan fingerprint density at radius 2 is 1.93 bits per heavy atom. The maximum atomic E-state index is 11.5. The third-order valence-corrected chi connectivity index (χ3v) is 3.29. The summed E-state index contributed by atoms with van der Waals surface area (Å²) >= 11 is 0. The fourth-order valence-electron chi connectivity index (χ4n) is 2.13. The second-order valence-corrected chi connectivity index (χ2v) is 4.62. The largest absolute Gasteiger partial charge is 0.291 e. The van der Waals surface area contributed by atoms with E-state index in [0.29, 0.717) is 6.42 Å². The molecule has 0 heterocycles. The van der Waals surface area contributed by atoms with Crippen molar-refractivity contribution < 1.29 is 9.59 Å². The van der Waals surface area contributed by atoms with E-state index < -0.39 is 0 Å². The van der Waals surface area contributed by atoms with Gasteiger partial charge in [0.1, 0.15) is 0 Å². The number of rotatable bonds is 5. The first kappa shape index (κ1) is 11.4. The molecule has 2 heteroatoms. The van der Waals surface area contributed by atoms with Gasteiger partial charge in [-0.3, -0.25) is 9.59 Å². The molecule has 14 heavy (non-hydrogen) atoms. The lowest BCUT2D eigenvalue weighted by Gasteiger charge is -2.20. The monoisotopic (exact) mass is 196 g/mol. The first-order valence-corrected chi connectivity index (χ1v) is 5.68. The van der Waals surface area contributed by atoms with Gasteiger partial charge in [-0.2, -0.15) is 0 Å². The molecule has 1 fully saturated rings. The van der Waals surface area contributed by atoms with Gasteiger partial charge in [0.25, 0.3) is 0 Å². The fourth-order valence-corrected chi connectivity index (χ4v) is 2.13. The molecular formula is C12H20O2. The van der Waals surface area contributed by atoms with Crippen molar-refractivity contribution in [3.63, 3.8) is 0 Å². The quantitative estimate of drug-likeness (QED) is 0.500. The lowest BCUT2D eigenvalue weighted by Crippen LogP contribution is -2.25. The summed E-state index contributed by atoms with van der Waals surface area (Å²) in [5.74, 6) is -0.267. The molecule has 0 bridgehead atoms. The average molecular weight is 196 g/mol. The van der Waals surface area contributed by atoms with Crippen molar-refractivity contribution in [3.05, 3.63) is 0 Å². The minimum atomic E-state index is -0.315. The molecule has 1 aliphatic carbocycles. The molecule has 0 aromatic heterocycles. The molecule has 0 amide bonds. The number of carbonyl (C=O) groups excluding carboxylic acids is 2. The maximum absolute atomic E-state index is 11.5. The van der Waals surface area contributed by atoms with E-state index in [2.05, 4.69) is 6.92 Å². The van der Waals surface area contributed by atoms with E-state index >= 15 is 0 Å². The lowest BCUT2D eigenvalue weighted by molar-refractivity contribution is -0.138. The number of ketones is 2. The van der Waals surface area contributed by atoms with Gasteiger partial charge in [0.05, 0.1) is 0 Å². The highest BCUT2D eigenvalue weighted by Gasteiger charge is 2.42. The van der Waals surface area contributed by atoms with Crippen LogP contribution in [0.5, 0.6) is 0 Å². The van der Waals surface area contributed by atoms with E-state index in [1.807, 2.05) is 6.92 Å². The number of unbranched alkanes of at least 4 members (excludes halogenated alkanes) is 3. The summed E-state index contributed by atoms with van der Waals surface area (Å²) in [6.45, 7) is 4.12. The summed E-state index contributed by atoms with van der Waals surface area (Å²) in [4.78, 5) is 22.7. The number of hydrogen-bond acceptors (Lipinski definition) is 2. The van der Waals surface area contributed by atoms with E-state index in [-0.39, 0.29) is 17.0 Å². The maximum Gasteiger partial charge on any atom is 0.204 e. The van der Waals surface area contributed by atoms with Crippen LogP contribution in [0.25, 0.3) is 0 Å². The molecule has 0 aromatic rings. The summed E-state index contributed by atoms with van der Waals surface area (Å²) in [5.41, 5.74) is -0.315. The molecule has 1 atom stereocenters. The summed E-state index contributed by atoms with van der Waals surface area (Å²) in [7, 11) is 0. The third-order valence-electron chi connectivity index (χ3n) is 3.29. The summed E-state index contributed by atoms with van der Waals surface area (Å²) in [6, 6.07) is 0. The van der Waals surface area contributed by atoms with Gasteiger partial charge >= 0.3 is 0 Å². The average Bonchev–Trinajstić information content (AvgIpc) is 2.42. The third kappa shape index (κ3) is 2.43. The molecule has 80 valence electrons. The minimum Gasteiger partial charge on any atom is -0.291 e. The first-order valence-electron chi connectivity index (χ1n) is 5.68. The zero-order chi connectivity index (χ0) is 10.6. The molecule has 0 aromatic carbocycles. The normalized spacial score (nSPS) is 27.3. The van der Waals surface area contributed by atoms with Gasteiger partial charge in [0.15, 0.2) is 5.78 Å². The predicted molar refractivity (Wildman–Crippen MR) is 56.1 cm³/mol. The van der Waals surface area contributed by atoms with Crippen LogP contribution in [-0.4, -0.2) is 11.6 Å². The van der Waals surface area contributed by atoms with Crippen molar-refractivity contribution in [2.24, 2.45) is 5.41 Å². The summed E-state index contributed by atoms with van der Waals surface area (Å²) in [5, 5.41) is 0. The van der Waals surface area contributed by atoms with Gasteiger partial charge in [0.2, 0.25) is 5.78 Å². The highest BCUT2D eigenvalue weighted by molar-refractivity contribution is 6.41. The Labute approximate surface area is 86.1 Å². The predicted octanol–water partition coefficient (Wildman–Crippen LogP) is 2.90. The Balaban J connectivity index is 2.35. The van der Waals surface area contributed by atoms with Gasteiger partial charge < -0.3 is 0 Å². The molecular weight excluding hydrogens is 176 g/mol. The second kappa shape index (κ2) is 4.72. The Bertz CT molecular complexity index is 232. The van der Waals surface area contributed by atoms with Crippen molar-refractivity contribution in [1.29, 1.82) is 0 Å². The van der Waals surface area contributed by atoms with Crippen LogP contribution < -0.4 is 0 Å². The van der Waals surface area contributed by atoms with Gasteiger partial charge in [0, 0.05) is 11.8 Å². The van der Waals surface area contributed by atoms with E-state index in [0.717, 1.165) is 19.3 Å². The molecule has 1 aliphatic rings. The SMILES string of the molecule is CCCCCCC1(C)CCC(=O)C1=O. The van der Waals surface area contributed by atoms with Crippen LogP contribution in [0.2, 0.25) is 0 Å². The van der Waals surface area contributed by atoms with Crippen LogP contribution >= 0.6 is 0 Å². The van der Waals surface area contributed by atoms with Crippen molar-refractivity contribution in [2.45, 2.75) is 58.8 Å². The van der Waals surface area contributed by atoms with Crippen LogP contribution in [-0.2, 0) is 9.59 Å². The standard InChI is InChI=1S/C12H20O2/c1-3-4-5-6-8-12(2)9-7-10(13)11(12)14/h3-9H2,1-2H3. The first-order chi connectivity index (χ1) is 6.60. The van der Waals surface area contributed by atoms with E-state index in [4.69, 9.17) is 0 Å². The second-order valence-electron chi connectivity index (χ2n) is 4.62. The van der Waals surface area contributed by atoms with Crippen molar-refractivity contribution in [3.8, 4) is 0 Å². The number of hydrogen-bond donors (Lipinski definition) is 0. The van der Waals surface area contributed by atoms with Crippen molar-refractivity contribution >= 4 is 11.6 Å². The molecule has 0 saturated heterocycles. The lowest BCUT2D eigenvalue weighted by atomic mass is 9.82. The molecule has 0 radical (unpaired) electrons. The highest BCUT2D eigenvalue weighted by Crippen LogP contribution is 2.37. The smallest absolute Gasteiger partial charge is 0.204 e. The van der Waals surface area contributed by atoms with Crippen molar-refractivity contribution in [1.82, 2.24) is 0 Å². The van der Waals surface area contributed by atoms with Crippen LogP contribution in [0.15, 0.2) is 0 Å². The molecule has 1 rings (SSSR count). The van der Waals surface area contributed by atoms with Gasteiger partial charge in [-0.1, -0.05) is 39.5 Å². The van der Waals surface area contributed by atoms with Crippen LogP contribution in [0.3, 0.4) is 0 Å². The van der Waals surface area contributed by atoms with Gasteiger partial charge in [-0.05, 0) is 12.8 Å². The van der Waals surface area contributed by atoms with Crippen molar-refractivity contribution in [2.75, 3.05) is 0 Å². The fraction of sp³-hybridized carbons (Fsp3) is 0.833. The van der Waals surface area contributed by atoms with E-state index in [1.54, 1.807) is 0 Å². The molecule has 1 saturated carbocycles. The number of Topliss-reactive ketones (excluding diaryl/α,β-unsaturated/α-hetero) is 2. The highest BCUT2D eigenvalue weighted by atomic mass is 16.2. The Kier molecular flexibility index (Phi) is 3.85. The Morgan fingerprint density at radius 3 is 2.43 bits per heavy atom. The topological polar surface area (TPSA) is 34.1 Å². The van der Waals surface area contributed by atoms with E-state index in [1.165, 1.54) is 19.3 Å². The molecule has 2 nitrogen and oxygen atoms in total.